The summed E-state index contributed by atoms with van der Waals surface area (Å²) in [5.41, 5.74) is 9.44. The predicted octanol–water partition coefficient (Wildman–Crippen LogP) is 2.83. The maximum atomic E-state index is 2.39. The maximum absolute atomic E-state index is 2.39. The molecule has 2 aliphatic rings. The molecule has 0 N–H and O–H groups in total. The fraction of sp³-hybridized carbons (Fsp3) is 0.0857. The minimum atomic E-state index is -0.310. The Bertz CT molecular complexity index is 1580. The van der Waals surface area contributed by atoms with E-state index >= 15 is 0 Å². The average Bonchev–Trinajstić information content (AvgIpc) is 3.59. The van der Waals surface area contributed by atoms with Crippen LogP contribution in [0.15, 0.2) is 145 Å². The summed E-state index contributed by atoms with van der Waals surface area (Å²) in [5, 5.41) is 2.64. The minimum absolute atomic E-state index is 0. The van der Waals surface area contributed by atoms with E-state index in [9.17, 15) is 0 Å². The minimum Gasteiger partial charge on any atom is -1.00 e. The van der Waals surface area contributed by atoms with E-state index in [1.54, 1.807) is 0 Å². The first-order valence-electron chi connectivity index (χ1n) is 12.5. The summed E-state index contributed by atoms with van der Waals surface area (Å²) in [6.07, 6.45) is 7.86. The van der Waals surface area contributed by atoms with Gasteiger partial charge in [0.25, 0.3) is 0 Å². The van der Waals surface area contributed by atoms with Gasteiger partial charge in [-0.2, -0.15) is 0 Å². The molecule has 0 saturated heterocycles. The number of benzene rings is 5. The molecule has 1 unspecified atom stereocenters. The number of hydrogen-bond acceptors (Lipinski definition) is 0. The summed E-state index contributed by atoms with van der Waals surface area (Å²) >= 11 is 0. The molecule has 2 aliphatic carbocycles. The molecule has 0 spiro atoms. The second kappa shape index (κ2) is 11.6. The third-order valence-electron chi connectivity index (χ3n) is 7.98. The average molecular weight is 609 g/mol. The van der Waals surface area contributed by atoms with Gasteiger partial charge in [0.15, 0.2) is 0 Å². The van der Waals surface area contributed by atoms with Crippen molar-refractivity contribution in [1.29, 1.82) is 0 Å². The van der Waals surface area contributed by atoms with Crippen LogP contribution in [0.25, 0.3) is 21.9 Å². The smallest absolute Gasteiger partial charge is 1.00 e. The summed E-state index contributed by atoms with van der Waals surface area (Å²) in [7, 11) is 0. The zero-order chi connectivity index (χ0) is 23.2. The van der Waals surface area contributed by atoms with Crippen LogP contribution in [0.2, 0.25) is 0 Å². The Hall–Kier alpha value is -2.70. The molecule has 0 heterocycles. The van der Waals surface area contributed by atoms with E-state index in [4.69, 9.17) is 0 Å². The maximum Gasteiger partial charge on any atom is 2.00 e. The van der Waals surface area contributed by atoms with Crippen LogP contribution in [-0.2, 0) is 31.6 Å². The van der Waals surface area contributed by atoms with Gasteiger partial charge < -0.3 is 24.8 Å². The molecule has 5 aromatic carbocycles. The van der Waals surface area contributed by atoms with E-state index < -0.39 is 0 Å². The third kappa shape index (κ3) is 4.17. The molecule has 0 amide bonds. The summed E-state index contributed by atoms with van der Waals surface area (Å²) in [5.74, 6) is 0.175. The third-order valence-corrected chi connectivity index (χ3v) is 7.98. The van der Waals surface area contributed by atoms with Gasteiger partial charge in [0.1, 0.15) is 0 Å². The van der Waals surface area contributed by atoms with Crippen LogP contribution < -0.4 is 24.8 Å². The molecule has 0 radical (unpaired) electrons. The van der Waals surface area contributed by atoms with Crippen LogP contribution in [0.4, 0.5) is 0 Å². The molecule has 0 fully saturated rings. The number of hydrogen-bond donors (Lipinski definition) is 0. The fourth-order valence-corrected chi connectivity index (χ4v) is 6.64. The first-order chi connectivity index (χ1) is 17.4. The zero-order valence-electron chi connectivity index (χ0n) is 20.8. The normalized spacial score (nSPS) is 14.9. The van der Waals surface area contributed by atoms with Crippen LogP contribution in [-0.4, -0.2) is 0 Å². The number of allylic oxidation sites excluding steroid dienone is 4. The van der Waals surface area contributed by atoms with E-state index in [2.05, 4.69) is 140 Å². The van der Waals surface area contributed by atoms with Gasteiger partial charge in [0, 0.05) is 5.92 Å². The Balaban J connectivity index is 0.00000112. The second-order valence-electron chi connectivity index (χ2n) is 9.64. The number of rotatable bonds is 4. The Labute approximate surface area is 256 Å². The molecular weight excluding hydrogens is 583 g/mol. The summed E-state index contributed by atoms with van der Waals surface area (Å²) in [6, 6.07) is 45.0. The summed E-state index contributed by atoms with van der Waals surface area (Å²) in [4.78, 5) is 0. The van der Waals surface area contributed by atoms with E-state index in [1.807, 2.05) is 0 Å². The molecule has 0 bridgehead atoms. The van der Waals surface area contributed by atoms with Crippen molar-refractivity contribution in [3.05, 3.63) is 167 Å². The van der Waals surface area contributed by atoms with Gasteiger partial charge >= 0.3 is 26.2 Å². The molecule has 38 heavy (non-hydrogen) atoms. The van der Waals surface area contributed by atoms with Crippen LogP contribution >= 0.6 is 0 Å². The van der Waals surface area contributed by atoms with Gasteiger partial charge in [-0.25, -0.2) is 0 Å². The van der Waals surface area contributed by atoms with Crippen molar-refractivity contribution in [2.45, 2.75) is 17.8 Å². The number of fused-ring (bicyclic) bond motifs is 5. The van der Waals surface area contributed by atoms with Crippen LogP contribution in [0.3, 0.4) is 0 Å². The first-order valence-corrected chi connectivity index (χ1v) is 12.5. The zero-order valence-corrected chi connectivity index (χ0v) is 24.8. The van der Waals surface area contributed by atoms with Crippen LogP contribution in [0, 0.1) is 0 Å². The van der Waals surface area contributed by atoms with Gasteiger partial charge in [0.2, 0.25) is 0 Å². The van der Waals surface area contributed by atoms with Gasteiger partial charge in [-0.15, -0.1) is 0 Å². The Morgan fingerprint density at radius 3 is 1.84 bits per heavy atom. The van der Waals surface area contributed by atoms with Crippen molar-refractivity contribution in [3.8, 4) is 11.1 Å². The van der Waals surface area contributed by atoms with Crippen molar-refractivity contribution in [2.75, 3.05) is 0 Å². The Morgan fingerprint density at radius 1 is 0.579 bits per heavy atom. The van der Waals surface area contributed by atoms with Crippen molar-refractivity contribution >= 4 is 10.8 Å². The van der Waals surface area contributed by atoms with E-state index in [1.165, 1.54) is 49.7 Å². The van der Waals surface area contributed by atoms with Crippen molar-refractivity contribution < 1.29 is 51.0 Å². The van der Waals surface area contributed by atoms with Crippen molar-refractivity contribution in [3.63, 3.8) is 0 Å². The topological polar surface area (TPSA) is 0 Å². The van der Waals surface area contributed by atoms with E-state index in [0.29, 0.717) is 0 Å². The van der Waals surface area contributed by atoms with E-state index in [-0.39, 0.29) is 62.4 Å². The van der Waals surface area contributed by atoms with Gasteiger partial charge in [-0.05, 0) is 50.6 Å². The summed E-state index contributed by atoms with van der Waals surface area (Å²) in [6.45, 7) is 0. The summed E-state index contributed by atoms with van der Waals surface area (Å²) < 4.78 is 0. The van der Waals surface area contributed by atoms with Crippen LogP contribution in [0.5, 0.6) is 0 Å². The fourth-order valence-electron chi connectivity index (χ4n) is 6.64. The van der Waals surface area contributed by atoms with Crippen molar-refractivity contribution in [2.24, 2.45) is 0 Å². The molecule has 3 heteroatoms. The molecule has 184 valence electrons. The molecule has 5 aromatic rings. The molecular formula is C35H26Cl2Zr. The molecule has 0 saturated carbocycles. The first kappa shape index (κ1) is 28.3. The largest absolute Gasteiger partial charge is 2.00 e. The number of halogens is 2. The quantitative estimate of drug-likeness (QED) is 0.295. The van der Waals surface area contributed by atoms with Gasteiger partial charge in [-0.3, -0.25) is 0 Å². The van der Waals surface area contributed by atoms with Gasteiger partial charge in [-0.1, -0.05) is 145 Å². The standard InChI is InChI=1S/C35H26.2ClH.Zr/c1-3-14-26(15-4-1)35(28-18-8-9-19-28,27-16-5-2-6-17-27)34-31-22-12-11-21-30(31)33-29-20-10-7-13-25(29)23-24-32(33)34;;;/h1-18,20-24,34H,19H2;2*1H;/q;;;+2/p-2. The molecule has 0 aromatic heterocycles. The molecule has 1 atom stereocenters. The van der Waals surface area contributed by atoms with E-state index in [0.717, 1.165) is 6.42 Å². The van der Waals surface area contributed by atoms with Crippen LogP contribution in [0.1, 0.15) is 34.6 Å². The SMILES string of the molecule is C1=CCC(C(c2ccccc2)(c2ccccc2)C2c3ccccc3-c3c2ccc2ccccc32)=C1.[Cl-].[Cl-].[Zr+2]. The molecule has 7 rings (SSSR count). The van der Waals surface area contributed by atoms with Crippen molar-refractivity contribution in [1.82, 2.24) is 0 Å². The van der Waals surface area contributed by atoms with Gasteiger partial charge in [0.05, 0.1) is 5.41 Å². The Morgan fingerprint density at radius 2 is 1.18 bits per heavy atom. The molecule has 0 nitrogen and oxygen atoms in total. The Kier molecular flexibility index (Phi) is 8.63. The predicted molar refractivity (Wildman–Crippen MR) is 147 cm³/mol. The monoisotopic (exact) mass is 606 g/mol. The second-order valence-corrected chi connectivity index (χ2v) is 9.64. The molecule has 0 aliphatic heterocycles.